The highest BCUT2D eigenvalue weighted by atomic mass is 14.8. The number of hydrogen-bond acceptors (Lipinski definition) is 2. The lowest BCUT2D eigenvalue weighted by atomic mass is 10.0. The first-order chi connectivity index (χ1) is 18.9. The molecule has 1 rings (SSSR count). The molecule has 0 N–H and O–H groups in total. The molecule has 0 aliphatic carbocycles. The van der Waals surface area contributed by atoms with Crippen LogP contribution in [0.25, 0.3) is 0 Å². The molecule has 222 valence electrons. The molecule has 0 saturated heterocycles. The van der Waals surface area contributed by atoms with Crippen LogP contribution in [-0.2, 0) is 12.8 Å². The van der Waals surface area contributed by atoms with Gasteiger partial charge >= 0.3 is 0 Å². The van der Waals surface area contributed by atoms with Gasteiger partial charge in [0.1, 0.15) is 6.33 Å². The van der Waals surface area contributed by atoms with E-state index in [0.717, 1.165) is 12.8 Å². The number of hydrogen-bond donors (Lipinski definition) is 0. The Morgan fingerprint density at radius 3 is 0.842 bits per heavy atom. The average molecular weight is 529 g/mol. The SMILES string of the molecule is CCCCCCCCCCCCCCCCc1cc(CCCCCCCCCCCCCCCC)ncn1. The van der Waals surface area contributed by atoms with Gasteiger partial charge in [0.2, 0.25) is 0 Å². The molecule has 1 aromatic rings. The van der Waals surface area contributed by atoms with E-state index in [-0.39, 0.29) is 0 Å². The van der Waals surface area contributed by atoms with Crippen LogP contribution in [0, 0.1) is 0 Å². The van der Waals surface area contributed by atoms with Gasteiger partial charge in [0.15, 0.2) is 0 Å². The molecule has 0 amide bonds. The van der Waals surface area contributed by atoms with Gasteiger partial charge in [0, 0.05) is 11.4 Å². The normalized spacial score (nSPS) is 11.4. The van der Waals surface area contributed by atoms with Crippen molar-refractivity contribution in [2.45, 2.75) is 206 Å². The lowest BCUT2D eigenvalue weighted by molar-refractivity contribution is 0.534. The van der Waals surface area contributed by atoms with Crippen LogP contribution >= 0.6 is 0 Å². The average Bonchev–Trinajstić information content (AvgIpc) is 2.93. The third-order valence-electron chi connectivity index (χ3n) is 8.35. The van der Waals surface area contributed by atoms with Gasteiger partial charge in [0.05, 0.1) is 0 Å². The fourth-order valence-corrected chi connectivity index (χ4v) is 5.72. The molecular weight excluding hydrogens is 460 g/mol. The molecule has 0 aliphatic rings. The highest BCUT2D eigenvalue weighted by Gasteiger charge is 2.01. The second-order valence-corrected chi connectivity index (χ2v) is 12.2. The molecule has 0 spiro atoms. The molecule has 0 unspecified atom stereocenters. The maximum Gasteiger partial charge on any atom is 0.115 e. The summed E-state index contributed by atoms with van der Waals surface area (Å²) in [6.07, 6.45) is 43.8. The van der Waals surface area contributed by atoms with Gasteiger partial charge in [0.25, 0.3) is 0 Å². The summed E-state index contributed by atoms with van der Waals surface area (Å²) in [7, 11) is 0. The van der Waals surface area contributed by atoms with E-state index < -0.39 is 0 Å². The predicted molar refractivity (Wildman–Crippen MR) is 170 cm³/mol. The van der Waals surface area contributed by atoms with Gasteiger partial charge in [-0.1, -0.05) is 181 Å². The highest BCUT2D eigenvalue weighted by Crippen LogP contribution is 2.16. The monoisotopic (exact) mass is 529 g/mol. The first-order valence-electron chi connectivity index (χ1n) is 17.7. The minimum absolute atomic E-state index is 1.13. The number of nitrogens with zero attached hydrogens (tertiary/aromatic N) is 2. The van der Waals surface area contributed by atoms with E-state index in [2.05, 4.69) is 29.9 Å². The lowest BCUT2D eigenvalue weighted by Crippen LogP contribution is -1.97. The van der Waals surface area contributed by atoms with Gasteiger partial charge in [-0.25, -0.2) is 9.97 Å². The number of aryl methyl sites for hydroxylation is 2. The Kier molecular flexibility index (Phi) is 26.9. The molecule has 38 heavy (non-hydrogen) atoms. The highest BCUT2D eigenvalue weighted by molar-refractivity contribution is 5.08. The number of rotatable bonds is 30. The molecular formula is C36H68N2. The van der Waals surface area contributed by atoms with Crippen LogP contribution in [0.2, 0.25) is 0 Å². The van der Waals surface area contributed by atoms with Crippen molar-refractivity contribution < 1.29 is 0 Å². The molecule has 1 aromatic heterocycles. The van der Waals surface area contributed by atoms with E-state index in [0.29, 0.717) is 0 Å². The first-order valence-corrected chi connectivity index (χ1v) is 17.7. The molecule has 2 nitrogen and oxygen atoms in total. The van der Waals surface area contributed by atoms with Crippen molar-refractivity contribution in [3.8, 4) is 0 Å². The molecule has 0 radical (unpaired) electrons. The second-order valence-electron chi connectivity index (χ2n) is 12.2. The zero-order chi connectivity index (χ0) is 27.2. The number of aromatic nitrogens is 2. The van der Waals surface area contributed by atoms with E-state index in [1.54, 1.807) is 6.33 Å². The van der Waals surface area contributed by atoms with Crippen molar-refractivity contribution in [3.63, 3.8) is 0 Å². The first kappa shape index (κ1) is 35.1. The van der Waals surface area contributed by atoms with Gasteiger partial charge in [-0.15, -0.1) is 0 Å². The van der Waals surface area contributed by atoms with Gasteiger partial charge < -0.3 is 0 Å². The smallest absolute Gasteiger partial charge is 0.115 e. The topological polar surface area (TPSA) is 25.8 Å². The maximum atomic E-state index is 4.55. The van der Waals surface area contributed by atoms with Gasteiger partial charge in [-0.2, -0.15) is 0 Å². The Labute approximate surface area is 240 Å². The zero-order valence-corrected chi connectivity index (χ0v) is 26.3. The van der Waals surface area contributed by atoms with Crippen molar-refractivity contribution >= 4 is 0 Å². The predicted octanol–water partition coefficient (Wildman–Crippen LogP) is 12.5. The van der Waals surface area contributed by atoms with E-state index in [1.165, 1.54) is 191 Å². The Morgan fingerprint density at radius 1 is 0.342 bits per heavy atom. The van der Waals surface area contributed by atoms with E-state index >= 15 is 0 Å². The standard InChI is InChI=1S/C36H68N2/c1-3-5-7-9-11-13-15-17-19-21-23-25-27-29-31-35-33-36(38-34-37-35)32-30-28-26-24-22-20-18-16-14-12-10-8-6-4-2/h33-34H,3-32H2,1-2H3. The summed E-state index contributed by atoms with van der Waals surface area (Å²) in [5.74, 6) is 0. The quantitative estimate of drug-likeness (QED) is 0.0928. The Morgan fingerprint density at radius 2 is 0.579 bits per heavy atom. The molecule has 0 aliphatic heterocycles. The van der Waals surface area contributed by atoms with Crippen LogP contribution in [0.3, 0.4) is 0 Å². The summed E-state index contributed by atoms with van der Waals surface area (Å²) in [5.41, 5.74) is 2.53. The Hall–Kier alpha value is -0.920. The summed E-state index contributed by atoms with van der Waals surface area (Å²) in [6.45, 7) is 4.60. The number of unbranched alkanes of at least 4 members (excludes halogenated alkanes) is 26. The van der Waals surface area contributed by atoms with Crippen LogP contribution in [0.15, 0.2) is 12.4 Å². The van der Waals surface area contributed by atoms with Crippen molar-refractivity contribution in [2.24, 2.45) is 0 Å². The summed E-state index contributed by atoms with van der Waals surface area (Å²) in [4.78, 5) is 9.09. The third kappa shape index (κ3) is 24.1. The van der Waals surface area contributed by atoms with Crippen LogP contribution in [0.1, 0.15) is 205 Å². The fourth-order valence-electron chi connectivity index (χ4n) is 5.72. The van der Waals surface area contributed by atoms with Gasteiger partial charge in [-0.05, 0) is 31.7 Å². The van der Waals surface area contributed by atoms with E-state index in [4.69, 9.17) is 0 Å². The van der Waals surface area contributed by atoms with Gasteiger partial charge in [-0.3, -0.25) is 0 Å². The van der Waals surface area contributed by atoms with Crippen LogP contribution < -0.4 is 0 Å². The van der Waals surface area contributed by atoms with Crippen molar-refractivity contribution in [1.29, 1.82) is 0 Å². The summed E-state index contributed by atoms with van der Waals surface area (Å²) < 4.78 is 0. The molecule has 2 heteroatoms. The van der Waals surface area contributed by atoms with E-state index in [1.807, 2.05) is 0 Å². The van der Waals surface area contributed by atoms with Crippen molar-refractivity contribution in [3.05, 3.63) is 23.8 Å². The molecule has 0 bridgehead atoms. The largest absolute Gasteiger partial charge is 0.241 e. The van der Waals surface area contributed by atoms with Crippen LogP contribution in [0.4, 0.5) is 0 Å². The third-order valence-corrected chi connectivity index (χ3v) is 8.35. The Bertz CT molecular complexity index is 537. The minimum Gasteiger partial charge on any atom is -0.241 e. The van der Waals surface area contributed by atoms with Crippen molar-refractivity contribution in [2.75, 3.05) is 0 Å². The van der Waals surface area contributed by atoms with E-state index in [9.17, 15) is 0 Å². The molecule has 1 heterocycles. The summed E-state index contributed by atoms with van der Waals surface area (Å²) >= 11 is 0. The Balaban J connectivity index is 1.88. The summed E-state index contributed by atoms with van der Waals surface area (Å²) in [6, 6.07) is 2.28. The second kappa shape index (κ2) is 29.1. The minimum atomic E-state index is 1.13. The lowest BCUT2D eigenvalue weighted by Gasteiger charge is -2.05. The van der Waals surface area contributed by atoms with Crippen molar-refractivity contribution in [1.82, 2.24) is 9.97 Å². The summed E-state index contributed by atoms with van der Waals surface area (Å²) in [5, 5.41) is 0. The zero-order valence-electron chi connectivity index (χ0n) is 26.3. The molecule has 0 atom stereocenters. The molecule has 0 aromatic carbocycles. The van der Waals surface area contributed by atoms with Crippen LogP contribution in [0.5, 0.6) is 0 Å². The maximum absolute atomic E-state index is 4.55. The van der Waals surface area contributed by atoms with Crippen LogP contribution in [-0.4, -0.2) is 9.97 Å². The molecule has 0 saturated carbocycles. The fraction of sp³-hybridized carbons (Fsp3) is 0.889. The molecule has 0 fully saturated rings.